The summed E-state index contributed by atoms with van der Waals surface area (Å²) in [5, 5.41) is 6.62. The van der Waals surface area contributed by atoms with Crippen LogP contribution in [-0.2, 0) is 10.0 Å². The summed E-state index contributed by atoms with van der Waals surface area (Å²) in [5.41, 5.74) is 1.11. The fourth-order valence-electron chi connectivity index (χ4n) is 2.52. The molecule has 1 aromatic heterocycles. The molecule has 0 aliphatic carbocycles. The maximum atomic E-state index is 12.1. The normalized spacial score (nSPS) is 17.2. The second kappa shape index (κ2) is 6.02. The van der Waals surface area contributed by atoms with Gasteiger partial charge in [0.15, 0.2) is 0 Å². The Morgan fingerprint density at radius 3 is 2.58 bits per heavy atom. The van der Waals surface area contributed by atoms with E-state index in [2.05, 4.69) is 19.8 Å². The van der Waals surface area contributed by atoms with Gasteiger partial charge in [0, 0.05) is 6.54 Å². The van der Waals surface area contributed by atoms with E-state index in [1.807, 2.05) is 0 Å². The summed E-state index contributed by atoms with van der Waals surface area (Å²) in [6.07, 6.45) is 3.37. The number of hydrogen-bond acceptors (Lipinski definition) is 4. The van der Waals surface area contributed by atoms with Crippen molar-refractivity contribution in [3.05, 3.63) is 11.4 Å². The van der Waals surface area contributed by atoms with Crippen LogP contribution in [0.1, 0.15) is 30.7 Å². The minimum absolute atomic E-state index is 0.286. The molecule has 0 saturated carbocycles. The fourth-order valence-corrected chi connectivity index (χ4v) is 3.96. The number of aromatic amines is 1. The molecule has 1 aromatic rings. The highest BCUT2D eigenvalue weighted by Gasteiger charge is 2.21. The summed E-state index contributed by atoms with van der Waals surface area (Å²) in [6, 6.07) is 0. The van der Waals surface area contributed by atoms with Crippen molar-refractivity contribution >= 4 is 10.0 Å². The number of sulfonamides is 1. The van der Waals surface area contributed by atoms with E-state index in [-0.39, 0.29) is 4.90 Å². The van der Waals surface area contributed by atoms with E-state index in [9.17, 15) is 8.42 Å². The molecular formula is C12H22N4O2S. The number of H-pyrrole nitrogens is 1. The number of nitrogens with one attached hydrogen (secondary N) is 2. The van der Waals surface area contributed by atoms with Crippen molar-refractivity contribution in [2.75, 3.05) is 26.2 Å². The van der Waals surface area contributed by atoms with E-state index in [1.165, 1.54) is 12.8 Å². The molecule has 0 amide bonds. The first-order chi connectivity index (χ1) is 9.00. The zero-order valence-electron chi connectivity index (χ0n) is 11.6. The van der Waals surface area contributed by atoms with E-state index >= 15 is 0 Å². The SMILES string of the molecule is Cc1n[nH]c(C)c1S(=O)(=O)NCCCN1CCCC1. The van der Waals surface area contributed by atoms with Gasteiger partial charge in [0.2, 0.25) is 10.0 Å². The lowest BCUT2D eigenvalue weighted by Gasteiger charge is -2.14. The lowest BCUT2D eigenvalue weighted by atomic mass is 10.4. The molecule has 0 radical (unpaired) electrons. The lowest BCUT2D eigenvalue weighted by molar-refractivity contribution is 0.334. The van der Waals surface area contributed by atoms with Gasteiger partial charge < -0.3 is 4.90 Å². The maximum absolute atomic E-state index is 12.1. The summed E-state index contributed by atoms with van der Waals surface area (Å²) in [6.45, 7) is 7.15. The number of nitrogens with zero attached hydrogens (tertiary/aromatic N) is 2. The van der Waals surface area contributed by atoms with Gasteiger partial charge in [-0.15, -0.1) is 0 Å². The third-order valence-corrected chi connectivity index (χ3v) is 5.19. The molecule has 6 nitrogen and oxygen atoms in total. The van der Waals surface area contributed by atoms with Gasteiger partial charge in [-0.05, 0) is 52.7 Å². The largest absolute Gasteiger partial charge is 0.303 e. The van der Waals surface area contributed by atoms with Gasteiger partial charge in [0.1, 0.15) is 4.90 Å². The van der Waals surface area contributed by atoms with Gasteiger partial charge in [-0.2, -0.15) is 5.10 Å². The highest BCUT2D eigenvalue weighted by molar-refractivity contribution is 7.89. The molecule has 0 spiro atoms. The molecule has 0 bridgehead atoms. The topological polar surface area (TPSA) is 78.1 Å². The Balaban J connectivity index is 1.84. The Hall–Kier alpha value is -0.920. The minimum Gasteiger partial charge on any atom is -0.303 e. The van der Waals surface area contributed by atoms with E-state index in [1.54, 1.807) is 13.8 Å². The first-order valence-corrected chi connectivity index (χ1v) is 8.22. The standard InChI is InChI=1S/C12H22N4O2S/c1-10-12(11(2)15-14-10)19(17,18)13-6-5-9-16-7-3-4-8-16/h13H,3-9H2,1-2H3,(H,14,15). The molecule has 0 atom stereocenters. The van der Waals surface area contributed by atoms with Crippen molar-refractivity contribution in [3.63, 3.8) is 0 Å². The second-order valence-electron chi connectivity index (χ2n) is 5.06. The monoisotopic (exact) mass is 286 g/mol. The minimum atomic E-state index is -3.44. The van der Waals surface area contributed by atoms with Crippen molar-refractivity contribution in [1.29, 1.82) is 0 Å². The average molecular weight is 286 g/mol. The predicted molar refractivity (Wildman–Crippen MR) is 73.5 cm³/mol. The summed E-state index contributed by atoms with van der Waals surface area (Å²) in [7, 11) is -3.44. The molecular weight excluding hydrogens is 264 g/mol. The lowest BCUT2D eigenvalue weighted by Crippen LogP contribution is -2.29. The van der Waals surface area contributed by atoms with Crippen molar-refractivity contribution in [3.8, 4) is 0 Å². The molecule has 2 rings (SSSR count). The number of aryl methyl sites for hydroxylation is 2. The Morgan fingerprint density at radius 1 is 1.32 bits per heavy atom. The smallest absolute Gasteiger partial charge is 0.244 e. The molecule has 2 N–H and O–H groups in total. The number of hydrogen-bond donors (Lipinski definition) is 2. The first-order valence-electron chi connectivity index (χ1n) is 6.74. The molecule has 1 aliphatic rings. The van der Waals surface area contributed by atoms with Crippen LogP contribution >= 0.6 is 0 Å². The van der Waals surface area contributed by atoms with Crippen molar-refractivity contribution in [2.24, 2.45) is 0 Å². The fraction of sp³-hybridized carbons (Fsp3) is 0.750. The second-order valence-corrected chi connectivity index (χ2v) is 6.77. The molecule has 108 valence electrons. The molecule has 7 heteroatoms. The van der Waals surface area contributed by atoms with Gasteiger partial charge in [-0.25, -0.2) is 13.1 Å². The van der Waals surface area contributed by atoms with E-state index in [0.29, 0.717) is 17.9 Å². The Kier molecular flexibility index (Phi) is 4.59. The van der Waals surface area contributed by atoms with Crippen molar-refractivity contribution in [2.45, 2.75) is 38.0 Å². The van der Waals surface area contributed by atoms with Gasteiger partial charge in [-0.3, -0.25) is 5.10 Å². The van der Waals surface area contributed by atoms with Crippen LogP contribution in [0.5, 0.6) is 0 Å². The first kappa shape index (κ1) is 14.5. The van der Waals surface area contributed by atoms with Crippen LogP contribution in [-0.4, -0.2) is 49.7 Å². The third kappa shape index (κ3) is 3.55. The predicted octanol–water partition coefficient (Wildman–Crippen LogP) is 0.791. The van der Waals surface area contributed by atoms with Crippen LogP contribution in [0.15, 0.2) is 4.90 Å². The van der Waals surface area contributed by atoms with E-state index in [4.69, 9.17) is 0 Å². The van der Waals surface area contributed by atoms with Gasteiger partial charge >= 0.3 is 0 Å². The highest BCUT2D eigenvalue weighted by Crippen LogP contribution is 2.16. The maximum Gasteiger partial charge on any atom is 0.244 e. The summed E-state index contributed by atoms with van der Waals surface area (Å²) in [5.74, 6) is 0. The van der Waals surface area contributed by atoms with Gasteiger partial charge in [-0.1, -0.05) is 0 Å². The number of rotatable bonds is 6. The van der Waals surface area contributed by atoms with Crippen molar-refractivity contribution in [1.82, 2.24) is 19.8 Å². The van der Waals surface area contributed by atoms with Crippen LogP contribution in [0.3, 0.4) is 0 Å². The molecule has 1 aliphatic heterocycles. The number of aromatic nitrogens is 2. The molecule has 1 fully saturated rings. The van der Waals surface area contributed by atoms with Crippen LogP contribution in [0.4, 0.5) is 0 Å². The molecule has 1 saturated heterocycles. The third-order valence-electron chi connectivity index (χ3n) is 3.47. The number of likely N-dealkylation sites (tertiary alicyclic amines) is 1. The molecule has 0 aromatic carbocycles. The molecule has 19 heavy (non-hydrogen) atoms. The molecule has 0 unspecified atom stereocenters. The van der Waals surface area contributed by atoms with Gasteiger partial charge in [0.05, 0.1) is 11.4 Å². The Labute approximate surface area is 114 Å². The van der Waals surface area contributed by atoms with Crippen LogP contribution in [0.25, 0.3) is 0 Å². The quantitative estimate of drug-likeness (QED) is 0.758. The zero-order chi connectivity index (χ0) is 13.9. The molecule has 2 heterocycles. The van der Waals surface area contributed by atoms with Crippen LogP contribution in [0, 0.1) is 13.8 Å². The van der Waals surface area contributed by atoms with E-state index < -0.39 is 10.0 Å². The summed E-state index contributed by atoms with van der Waals surface area (Å²) < 4.78 is 26.9. The van der Waals surface area contributed by atoms with Gasteiger partial charge in [0.25, 0.3) is 0 Å². The van der Waals surface area contributed by atoms with E-state index in [0.717, 1.165) is 26.1 Å². The summed E-state index contributed by atoms with van der Waals surface area (Å²) in [4.78, 5) is 2.66. The Morgan fingerprint density at radius 2 is 2.00 bits per heavy atom. The van der Waals surface area contributed by atoms with Crippen LogP contribution < -0.4 is 4.72 Å². The van der Waals surface area contributed by atoms with Crippen molar-refractivity contribution < 1.29 is 8.42 Å². The average Bonchev–Trinajstić information content (AvgIpc) is 2.95. The zero-order valence-corrected chi connectivity index (χ0v) is 12.4. The summed E-state index contributed by atoms with van der Waals surface area (Å²) >= 11 is 0. The highest BCUT2D eigenvalue weighted by atomic mass is 32.2. The van der Waals surface area contributed by atoms with Crippen LogP contribution in [0.2, 0.25) is 0 Å². The Bertz CT molecular complexity index is 498.